The molecule has 0 bridgehead atoms. The van der Waals surface area contributed by atoms with Crippen LogP contribution in [0.1, 0.15) is 31.4 Å². The molecule has 2 nitrogen and oxygen atoms in total. The van der Waals surface area contributed by atoms with Crippen LogP contribution in [-0.4, -0.2) is 7.11 Å². The van der Waals surface area contributed by atoms with Crippen LogP contribution >= 0.6 is 0 Å². The molecule has 0 atom stereocenters. The maximum absolute atomic E-state index is 12.4. The highest BCUT2D eigenvalue weighted by atomic mass is 19.3. The van der Waals surface area contributed by atoms with E-state index in [1.54, 1.807) is 19.9 Å². The Morgan fingerprint density at radius 1 is 1.33 bits per heavy atom. The molecule has 2 N–H and O–H groups in total. The fourth-order valence-electron chi connectivity index (χ4n) is 1.38. The van der Waals surface area contributed by atoms with Gasteiger partial charge in [0, 0.05) is 16.7 Å². The number of hydrogen-bond acceptors (Lipinski definition) is 2. The summed E-state index contributed by atoms with van der Waals surface area (Å²) in [7, 11) is 1.44. The average molecular weight is 215 g/mol. The third kappa shape index (κ3) is 2.65. The first-order chi connectivity index (χ1) is 6.86. The summed E-state index contributed by atoms with van der Waals surface area (Å²) in [4.78, 5) is 0. The first-order valence-corrected chi connectivity index (χ1v) is 4.61. The second-order valence-corrected chi connectivity index (χ2v) is 3.98. The minimum atomic E-state index is -2.49. The lowest BCUT2D eigenvalue weighted by Gasteiger charge is -2.22. The van der Waals surface area contributed by atoms with Gasteiger partial charge in [0.05, 0.1) is 7.11 Å². The number of nitrogens with two attached hydrogens (primary N) is 1. The fraction of sp³-hybridized carbons (Fsp3) is 0.455. The van der Waals surface area contributed by atoms with Crippen molar-refractivity contribution in [2.45, 2.75) is 25.8 Å². The zero-order chi connectivity index (χ0) is 11.6. The largest absolute Gasteiger partial charge is 0.496 e. The smallest absolute Gasteiger partial charge is 0.263 e. The number of hydrogen-bond donors (Lipinski definition) is 1. The maximum Gasteiger partial charge on any atom is 0.263 e. The van der Waals surface area contributed by atoms with E-state index in [4.69, 9.17) is 10.5 Å². The van der Waals surface area contributed by atoms with Crippen molar-refractivity contribution >= 4 is 0 Å². The van der Waals surface area contributed by atoms with Crippen molar-refractivity contribution < 1.29 is 13.5 Å². The van der Waals surface area contributed by atoms with Gasteiger partial charge >= 0.3 is 0 Å². The van der Waals surface area contributed by atoms with Gasteiger partial charge in [-0.2, -0.15) is 0 Å². The Balaban J connectivity index is 3.21. The molecule has 0 fully saturated rings. The number of rotatable bonds is 3. The lowest BCUT2D eigenvalue weighted by atomic mass is 9.93. The number of ether oxygens (including phenoxy) is 1. The Morgan fingerprint density at radius 2 is 1.93 bits per heavy atom. The molecule has 0 aliphatic carbocycles. The summed E-state index contributed by atoms with van der Waals surface area (Å²) >= 11 is 0. The zero-order valence-corrected chi connectivity index (χ0v) is 9.05. The molecule has 0 saturated carbocycles. The minimum Gasteiger partial charge on any atom is -0.496 e. The first-order valence-electron chi connectivity index (χ1n) is 4.61. The van der Waals surface area contributed by atoms with Crippen LogP contribution in [0.2, 0.25) is 0 Å². The molecule has 0 amide bonds. The SMILES string of the molecule is COc1cc(C(F)F)ccc1C(C)(C)N. The minimum absolute atomic E-state index is 0.0557. The van der Waals surface area contributed by atoms with Crippen molar-refractivity contribution in [2.24, 2.45) is 5.73 Å². The predicted octanol–water partition coefficient (Wildman–Crippen LogP) is 2.83. The Labute approximate surface area is 88.0 Å². The topological polar surface area (TPSA) is 35.2 Å². The van der Waals surface area contributed by atoms with Crippen molar-refractivity contribution in [3.8, 4) is 5.75 Å². The fourth-order valence-corrected chi connectivity index (χ4v) is 1.38. The molecule has 0 spiro atoms. The van der Waals surface area contributed by atoms with Crippen molar-refractivity contribution in [3.63, 3.8) is 0 Å². The molecule has 0 radical (unpaired) electrons. The quantitative estimate of drug-likeness (QED) is 0.841. The Morgan fingerprint density at radius 3 is 2.33 bits per heavy atom. The van der Waals surface area contributed by atoms with Gasteiger partial charge in [-0.15, -0.1) is 0 Å². The summed E-state index contributed by atoms with van der Waals surface area (Å²) in [5.41, 5.74) is 5.95. The van der Waals surface area contributed by atoms with Crippen molar-refractivity contribution in [3.05, 3.63) is 29.3 Å². The molecule has 0 aromatic heterocycles. The van der Waals surface area contributed by atoms with E-state index >= 15 is 0 Å². The van der Waals surface area contributed by atoms with E-state index in [1.807, 2.05) is 0 Å². The molecule has 84 valence electrons. The van der Waals surface area contributed by atoms with Crippen LogP contribution in [-0.2, 0) is 5.54 Å². The highest BCUT2D eigenvalue weighted by Gasteiger charge is 2.20. The van der Waals surface area contributed by atoms with Gasteiger partial charge in [-0.05, 0) is 19.9 Å². The highest BCUT2D eigenvalue weighted by Crippen LogP contribution is 2.31. The Bertz CT molecular complexity index is 345. The first kappa shape index (κ1) is 11.9. The molecule has 15 heavy (non-hydrogen) atoms. The van der Waals surface area contributed by atoms with Crippen LogP contribution in [0.15, 0.2) is 18.2 Å². The summed E-state index contributed by atoms with van der Waals surface area (Å²) in [6.45, 7) is 3.60. The predicted molar refractivity (Wildman–Crippen MR) is 55.2 cm³/mol. The van der Waals surface area contributed by atoms with Gasteiger partial charge in [0.1, 0.15) is 5.75 Å². The third-order valence-electron chi connectivity index (χ3n) is 2.17. The monoisotopic (exact) mass is 215 g/mol. The van der Waals surface area contributed by atoms with Gasteiger partial charge < -0.3 is 10.5 Å². The van der Waals surface area contributed by atoms with E-state index in [-0.39, 0.29) is 5.56 Å². The van der Waals surface area contributed by atoms with Crippen molar-refractivity contribution in [1.82, 2.24) is 0 Å². The number of alkyl halides is 2. The summed E-state index contributed by atoms with van der Waals surface area (Å²) < 4.78 is 29.9. The van der Waals surface area contributed by atoms with E-state index in [1.165, 1.54) is 19.2 Å². The van der Waals surface area contributed by atoms with E-state index in [9.17, 15) is 8.78 Å². The highest BCUT2D eigenvalue weighted by molar-refractivity contribution is 5.41. The molecule has 1 aromatic rings. The number of methoxy groups -OCH3 is 1. The van der Waals surface area contributed by atoms with Crippen LogP contribution in [0, 0.1) is 0 Å². The number of benzene rings is 1. The van der Waals surface area contributed by atoms with Gasteiger partial charge in [-0.3, -0.25) is 0 Å². The molecule has 0 aliphatic rings. The molecule has 0 aliphatic heterocycles. The second-order valence-electron chi connectivity index (χ2n) is 3.98. The van der Waals surface area contributed by atoms with Gasteiger partial charge in [0.15, 0.2) is 0 Å². The van der Waals surface area contributed by atoms with Gasteiger partial charge in [0.2, 0.25) is 0 Å². The Kier molecular flexibility index (Phi) is 3.29. The van der Waals surface area contributed by atoms with Crippen molar-refractivity contribution in [1.29, 1.82) is 0 Å². The van der Waals surface area contributed by atoms with E-state index in [2.05, 4.69) is 0 Å². The number of halogens is 2. The van der Waals surface area contributed by atoms with E-state index in [0.29, 0.717) is 5.75 Å². The normalized spacial score (nSPS) is 11.9. The standard InChI is InChI=1S/C11H15F2NO/c1-11(2,14)8-5-4-7(10(12)13)6-9(8)15-3/h4-6,10H,14H2,1-3H3. The lowest BCUT2D eigenvalue weighted by molar-refractivity contribution is 0.151. The maximum atomic E-state index is 12.4. The second kappa shape index (κ2) is 4.14. The molecule has 1 aromatic carbocycles. The molecule has 1 rings (SSSR count). The molecule has 0 heterocycles. The van der Waals surface area contributed by atoms with Gasteiger partial charge in [-0.1, -0.05) is 12.1 Å². The molecule has 0 unspecified atom stereocenters. The summed E-state index contributed by atoms with van der Waals surface area (Å²) in [5.74, 6) is 0.403. The molecular formula is C11H15F2NO. The lowest BCUT2D eigenvalue weighted by Crippen LogP contribution is -2.29. The summed E-state index contributed by atoms with van der Waals surface area (Å²) in [5, 5.41) is 0. The molecule has 0 saturated heterocycles. The van der Waals surface area contributed by atoms with E-state index in [0.717, 1.165) is 5.56 Å². The third-order valence-corrected chi connectivity index (χ3v) is 2.17. The molecule has 4 heteroatoms. The Hall–Kier alpha value is -1.16. The van der Waals surface area contributed by atoms with Gasteiger partial charge in [0.25, 0.3) is 6.43 Å². The van der Waals surface area contributed by atoms with Crippen LogP contribution in [0.4, 0.5) is 8.78 Å². The summed E-state index contributed by atoms with van der Waals surface area (Å²) in [6.07, 6.45) is -2.49. The van der Waals surface area contributed by atoms with Crippen LogP contribution in [0.25, 0.3) is 0 Å². The van der Waals surface area contributed by atoms with Crippen LogP contribution < -0.4 is 10.5 Å². The van der Waals surface area contributed by atoms with Gasteiger partial charge in [-0.25, -0.2) is 8.78 Å². The zero-order valence-electron chi connectivity index (χ0n) is 9.05. The van der Waals surface area contributed by atoms with Crippen LogP contribution in [0.5, 0.6) is 5.75 Å². The van der Waals surface area contributed by atoms with Crippen LogP contribution in [0.3, 0.4) is 0 Å². The van der Waals surface area contributed by atoms with E-state index < -0.39 is 12.0 Å². The molecular weight excluding hydrogens is 200 g/mol. The van der Waals surface area contributed by atoms with Crippen molar-refractivity contribution in [2.75, 3.05) is 7.11 Å². The average Bonchev–Trinajstić information content (AvgIpc) is 2.15. The summed E-state index contributed by atoms with van der Waals surface area (Å²) in [6, 6.07) is 4.28.